The molecule has 0 unspecified atom stereocenters. The summed E-state index contributed by atoms with van der Waals surface area (Å²) in [4.78, 5) is 16.9. The molecule has 0 aromatic heterocycles. The van der Waals surface area contributed by atoms with Crippen LogP contribution in [0.25, 0.3) is 0 Å². The summed E-state index contributed by atoms with van der Waals surface area (Å²) in [5.41, 5.74) is 0.999. The number of fused-ring (bicyclic) bond motifs is 1. The van der Waals surface area contributed by atoms with Gasteiger partial charge in [0.25, 0.3) is 0 Å². The summed E-state index contributed by atoms with van der Waals surface area (Å²) in [6.07, 6.45) is 0. The zero-order valence-electron chi connectivity index (χ0n) is 17.8. The van der Waals surface area contributed by atoms with E-state index in [-0.39, 0.29) is 12.7 Å². The number of amides is 1. The lowest BCUT2D eigenvalue weighted by atomic mass is 10.2. The van der Waals surface area contributed by atoms with Gasteiger partial charge in [0.05, 0.1) is 13.7 Å². The second kappa shape index (κ2) is 10.4. The van der Waals surface area contributed by atoms with Gasteiger partial charge in [0, 0.05) is 39.3 Å². The standard InChI is InChI=1S/C23H29N3O5/c1-28-19-3-5-20(6-4-19)29-13-12-25-8-10-26(11-9-25)16-23(27)24-15-18-2-7-21-22(14-18)31-17-30-21/h2-7,14H,8-13,15-17H2,1H3,(H,24,27). The normalized spacial score (nSPS) is 16.2. The topological polar surface area (TPSA) is 72.5 Å². The van der Waals surface area contributed by atoms with E-state index < -0.39 is 0 Å². The van der Waals surface area contributed by atoms with Gasteiger partial charge in [-0.3, -0.25) is 14.6 Å². The minimum absolute atomic E-state index is 0.0361. The van der Waals surface area contributed by atoms with Crippen LogP contribution in [0.5, 0.6) is 23.0 Å². The van der Waals surface area contributed by atoms with Gasteiger partial charge >= 0.3 is 0 Å². The minimum atomic E-state index is 0.0361. The van der Waals surface area contributed by atoms with Gasteiger partial charge in [0.1, 0.15) is 18.1 Å². The van der Waals surface area contributed by atoms with Crippen LogP contribution in [-0.2, 0) is 11.3 Å². The van der Waals surface area contributed by atoms with Gasteiger partial charge in [0.2, 0.25) is 12.7 Å². The lowest BCUT2D eigenvalue weighted by molar-refractivity contribution is -0.122. The molecule has 2 aliphatic heterocycles. The maximum atomic E-state index is 12.3. The molecule has 0 radical (unpaired) electrons. The molecule has 8 nitrogen and oxygen atoms in total. The number of carbonyl (C=O) groups is 1. The van der Waals surface area contributed by atoms with Crippen LogP contribution in [0.15, 0.2) is 42.5 Å². The monoisotopic (exact) mass is 427 g/mol. The van der Waals surface area contributed by atoms with Gasteiger partial charge in [-0.25, -0.2) is 0 Å². The minimum Gasteiger partial charge on any atom is -0.497 e. The molecule has 2 aromatic carbocycles. The number of hydrogen-bond donors (Lipinski definition) is 1. The van der Waals surface area contributed by atoms with Crippen LogP contribution in [0.3, 0.4) is 0 Å². The number of ether oxygens (including phenoxy) is 4. The van der Waals surface area contributed by atoms with E-state index in [2.05, 4.69) is 15.1 Å². The molecule has 0 bridgehead atoms. The number of piperazine rings is 1. The molecule has 1 fully saturated rings. The number of nitrogens with zero attached hydrogens (tertiary/aromatic N) is 2. The van der Waals surface area contributed by atoms with E-state index >= 15 is 0 Å². The van der Waals surface area contributed by atoms with Crippen LogP contribution in [0.2, 0.25) is 0 Å². The molecule has 31 heavy (non-hydrogen) atoms. The SMILES string of the molecule is COc1ccc(OCCN2CCN(CC(=O)NCc3ccc4c(c3)OCO4)CC2)cc1. The molecule has 0 atom stereocenters. The van der Waals surface area contributed by atoms with E-state index in [9.17, 15) is 4.79 Å². The van der Waals surface area contributed by atoms with E-state index in [1.54, 1.807) is 7.11 Å². The number of hydrogen-bond acceptors (Lipinski definition) is 7. The third-order valence-corrected chi connectivity index (χ3v) is 5.49. The Labute approximate surface area is 182 Å². The van der Waals surface area contributed by atoms with Crippen molar-refractivity contribution in [1.29, 1.82) is 0 Å². The Morgan fingerprint density at radius 2 is 1.68 bits per heavy atom. The maximum Gasteiger partial charge on any atom is 0.234 e. The molecule has 2 aliphatic rings. The summed E-state index contributed by atoms with van der Waals surface area (Å²) >= 11 is 0. The predicted molar refractivity (Wildman–Crippen MR) is 116 cm³/mol. The predicted octanol–water partition coefficient (Wildman–Crippen LogP) is 1.74. The van der Waals surface area contributed by atoms with Crippen molar-refractivity contribution in [3.63, 3.8) is 0 Å². The fourth-order valence-corrected chi connectivity index (χ4v) is 3.65. The van der Waals surface area contributed by atoms with Gasteiger partial charge in [-0.2, -0.15) is 0 Å². The highest BCUT2D eigenvalue weighted by Gasteiger charge is 2.19. The highest BCUT2D eigenvalue weighted by Crippen LogP contribution is 2.32. The molecule has 1 saturated heterocycles. The van der Waals surface area contributed by atoms with Gasteiger partial charge in [-0.15, -0.1) is 0 Å². The molecule has 2 aromatic rings. The molecule has 0 saturated carbocycles. The first-order valence-electron chi connectivity index (χ1n) is 10.6. The van der Waals surface area contributed by atoms with Crippen LogP contribution < -0.4 is 24.3 Å². The maximum absolute atomic E-state index is 12.3. The number of methoxy groups -OCH3 is 1. The van der Waals surface area contributed by atoms with Crippen molar-refractivity contribution < 1.29 is 23.7 Å². The number of benzene rings is 2. The molecule has 2 heterocycles. The van der Waals surface area contributed by atoms with Crippen molar-refractivity contribution in [3.05, 3.63) is 48.0 Å². The van der Waals surface area contributed by atoms with Crippen LogP contribution >= 0.6 is 0 Å². The van der Waals surface area contributed by atoms with E-state index in [0.29, 0.717) is 19.7 Å². The first kappa shape index (κ1) is 21.3. The molecule has 0 spiro atoms. The molecule has 166 valence electrons. The van der Waals surface area contributed by atoms with Gasteiger partial charge in [-0.1, -0.05) is 6.07 Å². The fraction of sp³-hybridized carbons (Fsp3) is 0.435. The molecule has 1 amide bonds. The highest BCUT2D eigenvalue weighted by molar-refractivity contribution is 5.78. The molecular weight excluding hydrogens is 398 g/mol. The summed E-state index contributed by atoms with van der Waals surface area (Å²) in [5, 5.41) is 2.99. The Kier molecular flexibility index (Phi) is 7.11. The Bertz CT molecular complexity index is 866. The third kappa shape index (κ3) is 6.02. The average Bonchev–Trinajstić information content (AvgIpc) is 3.27. The second-order valence-electron chi connectivity index (χ2n) is 7.61. The van der Waals surface area contributed by atoms with Crippen LogP contribution in [0.1, 0.15) is 5.56 Å². The van der Waals surface area contributed by atoms with Crippen LogP contribution in [0.4, 0.5) is 0 Å². The Hall–Kier alpha value is -2.97. The molecule has 0 aliphatic carbocycles. The quantitative estimate of drug-likeness (QED) is 0.654. The largest absolute Gasteiger partial charge is 0.497 e. The first-order chi connectivity index (χ1) is 15.2. The van der Waals surface area contributed by atoms with Crippen molar-refractivity contribution in [3.8, 4) is 23.0 Å². The first-order valence-corrected chi connectivity index (χ1v) is 10.6. The number of carbonyl (C=O) groups excluding carboxylic acids is 1. The van der Waals surface area contributed by atoms with Crippen molar-refractivity contribution in [2.75, 3.05) is 59.8 Å². The van der Waals surface area contributed by atoms with Crippen molar-refractivity contribution in [1.82, 2.24) is 15.1 Å². The summed E-state index contributed by atoms with van der Waals surface area (Å²) < 4.78 is 21.7. The van der Waals surface area contributed by atoms with Crippen LogP contribution in [0, 0.1) is 0 Å². The molecule has 1 N–H and O–H groups in total. The van der Waals surface area contributed by atoms with E-state index in [0.717, 1.165) is 61.3 Å². The van der Waals surface area contributed by atoms with Crippen molar-refractivity contribution in [2.24, 2.45) is 0 Å². The third-order valence-electron chi connectivity index (χ3n) is 5.49. The zero-order valence-corrected chi connectivity index (χ0v) is 17.8. The van der Waals surface area contributed by atoms with E-state index in [1.807, 2.05) is 42.5 Å². The summed E-state index contributed by atoms with van der Waals surface area (Å²) in [7, 11) is 1.65. The second-order valence-corrected chi connectivity index (χ2v) is 7.61. The van der Waals surface area contributed by atoms with Crippen molar-refractivity contribution in [2.45, 2.75) is 6.54 Å². The van der Waals surface area contributed by atoms with E-state index in [4.69, 9.17) is 18.9 Å². The summed E-state index contributed by atoms with van der Waals surface area (Å²) in [6, 6.07) is 13.4. The molecular formula is C23H29N3O5. The smallest absolute Gasteiger partial charge is 0.234 e. The lowest BCUT2D eigenvalue weighted by Crippen LogP contribution is -2.50. The lowest BCUT2D eigenvalue weighted by Gasteiger charge is -2.34. The Morgan fingerprint density at radius 3 is 2.45 bits per heavy atom. The molecule has 8 heteroatoms. The van der Waals surface area contributed by atoms with Crippen LogP contribution in [-0.4, -0.2) is 75.5 Å². The summed E-state index contributed by atoms with van der Waals surface area (Å²) in [5.74, 6) is 3.19. The number of rotatable bonds is 9. The average molecular weight is 428 g/mol. The molecule has 4 rings (SSSR count). The van der Waals surface area contributed by atoms with E-state index in [1.165, 1.54) is 0 Å². The zero-order chi connectivity index (χ0) is 21.5. The number of nitrogens with one attached hydrogen (secondary N) is 1. The highest BCUT2D eigenvalue weighted by atomic mass is 16.7. The fourth-order valence-electron chi connectivity index (χ4n) is 3.65. The van der Waals surface area contributed by atoms with Gasteiger partial charge in [0.15, 0.2) is 11.5 Å². The van der Waals surface area contributed by atoms with Gasteiger partial charge in [-0.05, 0) is 42.0 Å². The Balaban J connectivity index is 1.11. The van der Waals surface area contributed by atoms with Gasteiger partial charge < -0.3 is 24.3 Å². The van der Waals surface area contributed by atoms with Crippen molar-refractivity contribution >= 4 is 5.91 Å². The Morgan fingerprint density at radius 1 is 0.968 bits per heavy atom. The summed E-state index contributed by atoms with van der Waals surface area (Å²) in [6.45, 7) is 6.28.